The van der Waals surface area contributed by atoms with E-state index in [1.165, 1.54) is 41.3 Å². The first-order chi connectivity index (χ1) is 18.6. The van der Waals surface area contributed by atoms with Gasteiger partial charge in [-0.05, 0) is 36.6 Å². The number of benzene rings is 2. The van der Waals surface area contributed by atoms with Crippen LogP contribution in [0, 0.1) is 15.9 Å². The molecule has 2 heterocycles. The highest BCUT2D eigenvalue weighted by atomic mass is 19.1. The number of carbonyl (C=O) groups is 4. The molecule has 3 atom stereocenters. The minimum absolute atomic E-state index is 0.00619. The Morgan fingerprint density at radius 2 is 1.87 bits per heavy atom. The zero-order valence-electron chi connectivity index (χ0n) is 20.6. The number of rotatable bonds is 8. The van der Waals surface area contributed by atoms with Crippen molar-refractivity contribution < 1.29 is 38.3 Å². The fraction of sp³-hybridized carbons (Fsp3) is 0.360. The van der Waals surface area contributed by atoms with Crippen molar-refractivity contribution in [3.8, 4) is 0 Å². The van der Waals surface area contributed by atoms with Crippen LogP contribution < -0.4 is 10.6 Å². The van der Waals surface area contributed by atoms with Crippen molar-refractivity contribution in [1.29, 1.82) is 0 Å². The number of aliphatic carboxylic acids is 1. The van der Waals surface area contributed by atoms with Gasteiger partial charge < -0.3 is 25.4 Å². The van der Waals surface area contributed by atoms with Crippen LogP contribution in [0.25, 0.3) is 0 Å². The molecule has 0 radical (unpaired) electrons. The molecule has 39 heavy (non-hydrogen) atoms. The van der Waals surface area contributed by atoms with E-state index >= 15 is 0 Å². The highest BCUT2D eigenvalue weighted by Gasteiger charge is 2.45. The van der Waals surface area contributed by atoms with Crippen LogP contribution >= 0.6 is 0 Å². The van der Waals surface area contributed by atoms with E-state index in [1.807, 2.05) is 0 Å². The molecule has 2 aliphatic rings. The predicted octanol–water partition coefficient (Wildman–Crippen LogP) is 2.25. The molecule has 2 saturated heterocycles. The summed E-state index contributed by atoms with van der Waals surface area (Å²) in [7, 11) is 0. The highest BCUT2D eigenvalue weighted by Crippen LogP contribution is 2.26. The number of nitro benzene ring substituents is 1. The third kappa shape index (κ3) is 6.46. The third-order valence-corrected chi connectivity index (χ3v) is 6.41. The maximum Gasteiger partial charge on any atom is 0.323 e. The largest absolute Gasteiger partial charge is 0.481 e. The van der Waals surface area contributed by atoms with Crippen LogP contribution in [0.1, 0.15) is 30.9 Å². The van der Waals surface area contributed by atoms with Gasteiger partial charge in [-0.15, -0.1) is 0 Å². The molecule has 13 nitrogen and oxygen atoms in total. The molecule has 3 N–H and O–H groups in total. The van der Waals surface area contributed by atoms with Crippen LogP contribution in [0.5, 0.6) is 0 Å². The Balaban J connectivity index is 1.62. The average molecular weight is 544 g/mol. The minimum Gasteiger partial charge on any atom is -0.481 e. The number of nitro groups is 1. The molecule has 0 bridgehead atoms. The van der Waals surface area contributed by atoms with Gasteiger partial charge >= 0.3 is 12.0 Å². The fourth-order valence-corrected chi connectivity index (χ4v) is 4.60. The number of ether oxygens (including phenoxy) is 1. The Labute approximate surface area is 221 Å². The summed E-state index contributed by atoms with van der Waals surface area (Å²) in [6.07, 6.45) is -1.80. The molecule has 3 unspecified atom stereocenters. The molecular weight excluding hydrogens is 517 g/mol. The van der Waals surface area contributed by atoms with Crippen LogP contribution in [0.2, 0.25) is 0 Å². The Hall–Kier alpha value is -4.59. The molecular formula is C25H26FN5O8. The van der Waals surface area contributed by atoms with E-state index in [0.29, 0.717) is 19.4 Å². The van der Waals surface area contributed by atoms with E-state index in [0.717, 1.165) is 17.0 Å². The van der Waals surface area contributed by atoms with E-state index in [-0.39, 0.29) is 30.0 Å². The van der Waals surface area contributed by atoms with Gasteiger partial charge in [-0.2, -0.15) is 0 Å². The Morgan fingerprint density at radius 3 is 2.54 bits per heavy atom. The van der Waals surface area contributed by atoms with Crippen molar-refractivity contribution >= 4 is 35.2 Å². The van der Waals surface area contributed by atoms with Gasteiger partial charge in [-0.1, -0.05) is 18.2 Å². The van der Waals surface area contributed by atoms with Crippen LogP contribution in [-0.4, -0.2) is 75.6 Å². The number of carbonyl (C=O) groups excluding carboxylic acids is 3. The number of hydrogen-bond acceptors (Lipinski definition) is 7. The van der Waals surface area contributed by atoms with E-state index in [4.69, 9.17) is 4.74 Å². The number of nitrogens with zero attached hydrogens (tertiary/aromatic N) is 3. The first-order valence-corrected chi connectivity index (χ1v) is 12.2. The average Bonchev–Trinajstić information content (AvgIpc) is 3.58. The summed E-state index contributed by atoms with van der Waals surface area (Å²) >= 11 is 0. The van der Waals surface area contributed by atoms with Crippen LogP contribution in [-0.2, 0) is 19.1 Å². The summed E-state index contributed by atoms with van der Waals surface area (Å²) in [6, 6.07) is 8.29. The van der Waals surface area contributed by atoms with Gasteiger partial charge in [-0.3, -0.25) is 29.4 Å². The third-order valence-electron chi connectivity index (χ3n) is 6.41. The maximum absolute atomic E-state index is 13.6. The molecule has 4 amide bonds. The topological polar surface area (TPSA) is 171 Å². The van der Waals surface area contributed by atoms with E-state index < -0.39 is 59.3 Å². The van der Waals surface area contributed by atoms with Gasteiger partial charge in [-0.25, -0.2) is 9.18 Å². The van der Waals surface area contributed by atoms with Gasteiger partial charge in [0.2, 0.25) is 0 Å². The first kappa shape index (κ1) is 27.4. The lowest BCUT2D eigenvalue weighted by atomic mass is 10.0. The minimum atomic E-state index is -1.48. The van der Waals surface area contributed by atoms with Gasteiger partial charge in [0.1, 0.15) is 11.9 Å². The van der Waals surface area contributed by atoms with Gasteiger partial charge in [0.15, 0.2) is 6.17 Å². The molecule has 2 aliphatic heterocycles. The molecule has 206 valence electrons. The fourth-order valence-electron chi connectivity index (χ4n) is 4.60. The summed E-state index contributed by atoms with van der Waals surface area (Å²) in [5.41, 5.74) is -0.0154. The summed E-state index contributed by atoms with van der Waals surface area (Å²) in [5, 5.41) is 25.7. The lowest BCUT2D eigenvalue weighted by Gasteiger charge is -2.31. The summed E-state index contributed by atoms with van der Waals surface area (Å²) < 4.78 is 19.1. The van der Waals surface area contributed by atoms with Gasteiger partial charge in [0.05, 0.1) is 17.4 Å². The smallest absolute Gasteiger partial charge is 0.323 e. The number of halogens is 1. The number of amides is 4. The van der Waals surface area contributed by atoms with Crippen molar-refractivity contribution in [3.63, 3.8) is 0 Å². The van der Waals surface area contributed by atoms with Crippen LogP contribution in [0.3, 0.4) is 0 Å². The monoisotopic (exact) mass is 543 g/mol. The molecule has 2 fully saturated rings. The van der Waals surface area contributed by atoms with Crippen molar-refractivity contribution in [2.75, 3.05) is 25.0 Å². The Kier molecular flexibility index (Phi) is 8.34. The maximum atomic E-state index is 13.6. The molecule has 2 aromatic rings. The van der Waals surface area contributed by atoms with Crippen LogP contribution in [0.4, 0.5) is 20.6 Å². The molecule has 4 rings (SSSR count). The lowest BCUT2D eigenvalue weighted by Crippen LogP contribution is -2.56. The normalized spacial score (nSPS) is 19.4. The summed E-state index contributed by atoms with van der Waals surface area (Å²) in [5.74, 6) is -3.25. The first-order valence-electron chi connectivity index (χ1n) is 12.2. The zero-order valence-corrected chi connectivity index (χ0v) is 20.6. The van der Waals surface area contributed by atoms with Gasteiger partial charge in [0.25, 0.3) is 17.5 Å². The number of carboxylic acids is 1. The number of non-ortho nitro benzene ring substituents is 1. The number of nitrogens with one attached hydrogen (secondary N) is 2. The second kappa shape index (κ2) is 11.9. The number of hydrogen-bond donors (Lipinski definition) is 3. The quantitative estimate of drug-likeness (QED) is 0.336. The second-order valence-corrected chi connectivity index (χ2v) is 9.05. The van der Waals surface area contributed by atoms with E-state index in [9.17, 15) is 38.8 Å². The summed E-state index contributed by atoms with van der Waals surface area (Å²) in [4.78, 5) is 64.4. The number of anilines is 1. The molecule has 2 aromatic carbocycles. The lowest BCUT2D eigenvalue weighted by molar-refractivity contribution is -0.384. The SMILES string of the molecule is O=C(O)CC(NC(=O)C1N(C(=O)Nc2cccc(F)c2)CCN1C(=O)C1CCCO1)c1cccc([N+](=O)[O-])c1. The Morgan fingerprint density at radius 1 is 1.13 bits per heavy atom. The van der Waals surface area contributed by atoms with Crippen molar-refractivity contribution in [2.24, 2.45) is 0 Å². The molecule has 0 aliphatic carbocycles. The van der Waals surface area contributed by atoms with E-state index in [1.54, 1.807) is 0 Å². The van der Waals surface area contributed by atoms with Crippen LogP contribution in [0.15, 0.2) is 48.5 Å². The second-order valence-electron chi connectivity index (χ2n) is 9.05. The highest BCUT2D eigenvalue weighted by molar-refractivity contribution is 5.97. The standard InChI is InChI=1S/C25H26FN5O8/c26-16-5-2-6-17(13-16)27-25(36)30-10-9-29(24(35)20-8-3-11-39-20)23(30)22(34)28-19(14-21(32)33)15-4-1-7-18(12-15)31(37)38/h1-2,4-7,12-13,19-20,23H,3,8-11,14H2,(H,27,36)(H,28,34)(H,32,33). The zero-order chi connectivity index (χ0) is 28.1. The van der Waals surface area contributed by atoms with Gasteiger partial charge in [0, 0.05) is 37.5 Å². The molecule has 0 saturated carbocycles. The Bertz CT molecular complexity index is 1280. The molecule has 14 heteroatoms. The van der Waals surface area contributed by atoms with E-state index in [2.05, 4.69) is 10.6 Å². The van der Waals surface area contributed by atoms with Crippen molar-refractivity contribution in [1.82, 2.24) is 15.1 Å². The van der Waals surface area contributed by atoms with Crippen molar-refractivity contribution in [2.45, 2.75) is 37.6 Å². The number of urea groups is 1. The predicted molar refractivity (Wildman–Crippen MR) is 133 cm³/mol. The molecule has 0 aromatic heterocycles. The molecule has 0 spiro atoms. The number of carboxylic acid groups (broad SMARTS) is 1. The van der Waals surface area contributed by atoms with Crippen molar-refractivity contribution in [3.05, 3.63) is 70.0 Å². The summed E-state index contributed by atoms with van der Waals surface area (Å²) in [6.45, 7) is 0.324.